The summed E-state index contributed by atoms with van der Waals surface area (Å²) in [6.07, 6.45) is 1.76. The molecule has 0 saturated carbocycles. The number of hydrogen-bond acceptors (Lipinski definition) is 2. The molecular formula is C15H19BrN2O2. The Kier molecular flexibility index (Phi) is 6.45. The van der Waals surface area contributed by atoms with E-state index in [1.54, 1.807) is 0 Å². The number of rotatable bonds is 5. The minimum Gasteiger partial charge on any atom is -0.352 e. The number of halogens is 1. The molecule has 5 heteroatoms. The Hall–Kier alpha value is -1.62. The average Bonchev–Trinajstić information content (AvgIpc) is 2.31. The average molecular weight is 339 g/mol. The van der Waals surface area contributed by atoms with E-state index in [0.717, 1.165) is 21.3 Å². The van der Waals surface area contributed by atoms with Crippen LogP contribution in [0.15, 0.2) is 34.3 Å². The number of hydrogen-bond donors (Lipinski definition) is 2. The van der Waals surface area contributed by atoms with Gasteiger partial charge in [0, 0.05) is 29.2 Å². The Balaban J connectivity index is 2.41. The molecule has 0 spiro atoms. The summed E-state index contributed by atoms with van der Waals surface area (Å²) in [6, 6.07) is 5.66. The summed E-state index contributed by atoms with van der Waals surface area (Å²) >= 11 is 3.37. The highest BCUT2D eigenvalue weighted by Crippen LogP contribution is 2.19. The zero-order valence-electron chi connectivity index (χ0n) is 11.9. The van der Waals surface area contributed by atoms with Crippen molar-refractivity contribution < 1.29 is 9.59 Å². The summed E-state index contributed by atoms with van der Waals surface area (Å²) < 4.78 is 0.974. The molecule has 4 nitrogen and oxygen atoms in total. The van der Waals surface area contributed by atoms with E-state index in [-0.39, 0.29) is 18.2 Å². The number of anilines is 1. The van der Waals surface area contributed by atoms with Crippen molar-refractivity contribution in [2.75, 3.05) is 11.9 Å². The molecule has 0 saturated heterocycles. The Labute approximate surface area is 127 Å². The van der Waals surface area contributed by atoms with E-state index in [1.165, 1.54) is 6.08 Å². The molecule has 0 aliphatic carbocycles. The quantitative estimate of drug-likeness (QED) is 0.810. The second-order valence-electron chi connectivity index (χ2n) is 4.77. The number of aryl methyl sites for hydroxylation is 1. The van der Waals surface area contributed by atoms with Crippen LogP contribution in [0.5, 0.6) is 0 Å². The van der Waals surface area contributed by atoms with Gasteiger partial charge in [0.1, 0.15) is 0 Å². The molecule has 2 N–H and O–H groups in total. The van der Waals surface area contributed by atoms with Crippen LogP contribution in [0, 0.1) is 6.92 Å². The van der Waals surface area contributed by atoms with Gasteiger partial charge in [-0.25, -0.2) is 0 Å². The molecule has 0 aliphatic rings. The maximum atomic E-state index is 11.8. The SMILES string of the molecule is CC(C)=CC(=O)NCCC(=O)Nc1ccc(Br)cc1C. The molecule has 0 heterocycles. The topological polar surface area (TPSA) is 58.2 Å². The number of nitrogens with one attached hydrogen (secondary N) is 2. The number of carbonyl (C=O) groups is 2. The first-order chi connectivity index (χ1) is 9.38. The van der Waals surface area contributed by atoms with Gasteiger partial charge in [-0.1, -0.05) is 21.5 Å². The smallest absolute Gasteiger partial charge is 0.243 e. The van der Waals surface area contributed by atoms with Gasteiger partial charge in [0.2, 0.25) is 11.8 Å². The van der Waals surface area contributed by atoms with Gasteiger partial charge in [-0.2, -0.15) is 0 Å². The highest BCUT2D eigenvalue weighted by Gasteiger charge is 2.05. The van der Waals surface area contributed by atoms with E-state index in [0.29, 0.717) is 6.54 Å². The molecular weight excluding hydrogens is 320 g/mol. The Morgan fingerprint density at radius 1 is 1.30 bits per heavy atom. The van der Waals surface area contributed by atoms with Crippen LogP contribution in [-0.4, -0.2) is 18.4 Å². The molecule has 108 valence electrons. The van der Waals surface area contributed by atoms with E-state index in [2.05, 4.69) is 26.6 Å². The first kappa shape index (κ1) is 16.4. The Bertz CT molecular complexity index is 535. The van der Waals surface area contributed by atoms with Crippen LogP contribution in [0.4, 0.5) is 5.69 Å². The van der Waals surface area contributed by atoms with Crippen molar-refractivity contribution in [2.45, 2.75) is 27.2 Å². The van der Waals surface area contributed by atoms with Gasteiger partial charge in [-0.3, -0.25) is 9.59 Å². The summed E-state index contributed by atoms with van der Waals surface area (Å²) in [5.41, 5.74) is 2.70. The van der Waals surface area contributed by atoms with Gasteiger partial charge in [0.15, 0.2) is 0 Å². The predicted molar refractivity (Wildman–Crippen MR) is 84.6 cm³/mol. The molecule has 1 aromatic carbocycles. The van der Waals surface area contributed by atoms with Crippen LogP contribution < -0.4 is 10.6 Å². The van der Waals surface area contributed by atoms with Gasteiger partial charge in [-0.05, 0) is 44.5 Å². The molecule has 0 aromatic heterocycles. The third-order valence-electron chi connectivity index (χ3n) is 2.53. The fraction of sp³-hybridized carbons (Fsp3) is 0.333. The minimum atomic E-state index is -0.169. The van der Waals surface area contributed by atoms with E-state index in [9.17, 15) is 9.59 Å². The van der Waals surface area contributed by atoms with Crippen molar-refractivity contribution in [2.24, 2.45) is 0 Å². The molecule has 0 bridgehead atoms. The number of benzene rings is 1. The first-order valence-corrected chi connectivity index (χ1v) is 7.16. The van der Waals surface area contributed by atoms with Crippen molar-refractivity contribution in [1.29, 1.82) is 0 Å². The Morgan fingerprint density at radius 2 is 2.00 bits per heavy atom. The molecule has 1 aromatic rings. The van der Waals surface area contributed by atoms with Gasteiger partial charge >= 0.3 is 0 Å². The lowest BCUT2D eigenvalue weighted by Crippen LogP contribution is -2.26. The molecule has 0 atom stereocenters. The van der Waals surface area contributed by atoms with E-state index >= 15 is 0 Å². The van der Waals surface area contributed by atoms with E-state index in [4.69, 9.17) is 0 Å². The normalized spacial score (nSPS) is 9.80. The van der Waals surface area contributed by atoms with Crippen molar-refractivity contribution >= 4 is 33.4 Å². The molecule has 0 radical (unpaired) electrons. The van der Waals surface area contributed by atoms with Gasteiger partial charge in [0.25, 0.3) is 0 Å². The lowest BCUT2D eigenvalue weighted by atomic mass is 10.2. The molecule has 0 unspecified atom stereocenters. The lowest BCUT2D eigenvalue weighted by Gasteiger charge is -2.09. The molecule has 20 heavy (non-hydrogen) atoms. The standard InChI is InChI=1S/C15H19BrN2O2/c1-10(2)8-15(20)17-7-6-14(19)18-13-5-4-12(16)9-11(13)3/h4-5,8-9H,6-7H2,1-3H3,(H,17,20)(H,18,19). The third-order valence-corrected chi connectivity index (χ3v) is 3.03. The summed E-state index contributed by atoms with van der Waals surface area (Å²) in [6.45, 7) is 5.95. The fourth-order valence-electron chi connectivity index (χ4n) is 1.59. The summed E-state index contributed by atoms with van der Waals surface area (Å²) in [5.74, 6) is -0.287. The van der Waals surface area contributed by atoms with Crippen molar-refractivity contribution in [3.05, 3.63) is 39.9 Å². The summed E-state index contributed by atoms with van der Waals surface area (Å²) in [4.78, 5) is 23.1. The largest absolute Gasteiger partial charge is 0.352 e. The maximum absolute atomic E-state index is 11.8. The summed E-state index contributed by atoms with van der Waals surface area (Å²) in [5, 5.41) is 5.50. The minimum absolute atomic E-state index is 0.118. The van der Waals surface area contributed by atoms with Crippen LogP contribution in [0.2, 0.25) is 0 Å². The van der Waals surface area contributed by atoms with Crippen molar-refractivity contribution in [1.82, 2.24) is 5.32 Å². The van der Waals surface area contributed by atoms with Gasteiger partial charge < -0.3 is 10.6 Å². The second kappa shape index (κ2) is 7.85. The van der Waals surface area contributed by atoms with Gasteiger partial charge in [0.05, 0.1) is 0 Å². The van der Waals surface area contributed by atoms with E-state index in [1.807, 2.05) is 39.0 Å². The Morgan fingerprint density at radius 3 is 2.60 bits per heavy atom. The highest BCUT2D eigenvalue weighted by molar-refractivity contribution is 9.10. The van der Waals surface area contributed by atoms with Crippen molar-refractivity contribution in [3.63, 3.8) is 0 Å². The first-order valence-electron chi connectivity index (χ1n) is 6.37. The lowest BCUT2D eigenvalue weighted by molar-refractivity contribution is -0.117. The van der Waals surface area contributed by atoms with Crippen LogP contribution in [0.25, 0.3) is 0 Å². The zero-order valence-corrected chi connectivity index (χ0v) is 13.5. The zero-order chi connectivity index (χ0) is 15.1. The fourth-order valence-corrected chi connectivity index (χ4v) is 2.07. The highest BCUT2D eigenvalue weighted by atomic mass is 79.9. The van der Waals surface area contributed by atoms with Crippen LogP contribution in [0.3, 0.4) is 0 Å². The second-order valence-corrected chi connectivity index (χ2v) is 5.69. The number of amides is 2. The number of carbonyl (C=O) groups excluding carboxylic acids is 2. The molecule has 0 aliphatic heterocycles. The maximum Gasteiger partial charge on any atom is 0.243 e. The molecule has 1 rings (SSSR count). The van der Waals surface area contributed by atoms with Crippen molar-refractivity contribution in [3.8, 4) is 0 Å². The van der Waals surface area contributed by atoms with Gasteiger partial charge in [-0.15, -0.1) is 0 Å². The monoisotopic (exact) mass is 338 g/mol. The summed E-state index contributed by atoms with van der Waals surface area (Å²) in [7, 11) is 0. The molecule has 0 fully saturated rings. The van der Waals surface area contributed by atoms with E-state index < -0.39 is 0 Å². The molecule has 2 amide bonds. The van der Waals surface area contributed by atoms with Crippen LogP contribution >= 0.6 is 15.9 Å². The predicted octanol–water partition coefficient (Wildman–Crippen LogP) is 3.17. The van der Waals surface area contributed by atoms with Crippen LogP contribution in [-0.2, 0) is 9.59 Å². The number of allylic oxidation sites excluding steroid dienone is 1. The van der Waals surface area contributed by atoms with Crippen LogP contribution in [0.1, 0.15) is 25.8 Å². The third kappa shape index (κ3) is 6.02.